The van der Waals surface area contributed by atoms with E-state index in [1.54, 1.807) is 38.4 Å². The Bertz CT molecular complexity index is 673. The van der Waals surface area contributed by atoms with E-state index >= 15 is 0 Å². The lowest BCUT2D eigenvalue weighted by atomic mass is 10.2. The number of hydrogen-bond donors (Lipinski definition) is 3. The number of amidine groups is 1. The van der Waals surface area contributed by atoms with Gasteiger partial charge < -0.3 is 16.8 Å². The van der Waals surface area contributed by atoms with Crippen LogP contribution in [-0.2, 0) is 4.79 Å². The van der Waals surface area contributed by atoms with E-state index in [4.69, 9.17) is 11.5 Å². The number of nitrogens with one attached hydrogen (secondary N) is 1. The average molecular weight is 303 g/mol. The molecule has 0 saturated heterocycles. The summed E-state index contributed by atoms with van der Waals surface area (Å²) in [6.45, 7) is 1.64. The van der Waals surface area contributed by atoms with Crippen LogP contribution in [0.5, 0.6) is 0 Å². The van der Waals surface area contributed by atoms with Crippen molar-refractivity contribution in [3.8, 4) is 0 Å². The molecule has 6 nitrogen and oxygen atoms in total. The molecule has 0 atom stereocenters. The predicted molar refractivity (Wildman–Crippen MR) is 86.1 cm³/mol. The van der Waals surface area contributed by atoms with Crippen LogP contribution in [0.15, 0.2) is 41.5 Å². The summed E-state index contributed by atoms with van der Waals surface area (Å²) >= 11 is 0. The molecular formula is C15H18FN5O. The molecule has 2 aromatic rings. The minimum absolute atomic E-state index is 0.263. The number of aryl methyl sites for hydroxylation is 1. The lowest BCUT2D eigenvalue weighted by Crippen LogP contribution is -2.16. The van der Waals surface area contributed by atoms with Gasteiger partial charge >= 0.3 is 0 Å². The minimum atomic E-state index is -0.263. The summed E-state index contributed by atoms with van der Waals surface area (Å²) in [7, 11) is 1.60. The smallest absolute Gasteiger partial charge is 0.211 e. The molecular weight excluding hydrogens is 285 g/mol. The van der Waals surface area contributed by atoms with E-state index in [0.29, 0.717) is 34.9 Å². The first-order valence-electron chi connectivity index (χ1n) is 6.39. The summed E-state index contributed by atoms with van der Waals surface area (Å²) in [5, 5.41) is 2.43. The molecule has 1 aromatic carbocycles. The van der Waals surface area contributed by atoms with Gasteiger partial charge in [-0.05, 0) is 42.8 Å². The normalized spacial score (nSPS) is 10.4. The standard InChI is InChI=1S/C8H8FNO.C7H10N4/c1-6-4-7(10-5-11)2-3-8(6)9;1-10-7(9)6-5(8)3-2-4-11-6/h2-5H,1H3,(H,10,11);2-4H,8H2,1H3,(H2,9,10). The van der Waals surface area contributed by atoms with Crippen molar-refractivity contribution in [3.05, 3.63) is 53.6 Å². The fraction of sp³-hybridized carbons (Fsp3) is 0.133. The Morgan fingerprint density at radius 3 is 2.68 bits per heavy atom. The molecule has 116 valence electrons. The fourth-order valence-electron chi connectivity index (χ4n) is 1.54. The van der Waals surface area contributed by atoms with Gasteiger partial charge in [-0.1, -0.05) is 0 Å². The molecule has 0 saturated carbocycles. The Morgan fingerprint density at radius 2 is 2.14 bits per heavy atom. The van der Waals surface area contributed by atoms with Gasteiger partial charge in [-0.2, -0.15) is 0 Å². The number of aromatic nitrogens is 1. The van der Waals surface area contributed by atoms with Crippen LogP contribution in [0.1, 0.15) is 11.3 Å². The topological polar surface area (TPSA) is 106 Å². The summed E-state index contributed by atoms with van der Waals surface area (Å²) in [5.74, 6) is 0.101. The molecule has 22 heavy (non-hydrogen) atoms. The Balaban J connectivity index is 0.000000220. The lowest BCUT2D eigenvalue weighted by Gasteiger charge is -2.00. The van der Waals surface area contributed by atoms with E-state index < -0.39 is 0 Å². The summed E-state index contributed by atoms with van der Waals surface area (Å²) in [6, 6.07) is 7.89. The van der Waals surface area contributed by atoms with E-state index in [9.17, 15) is 9.18 Å². The van der Waals surface area contributed by atoms with E-state index in [1.807, 2.05) is 0 Å². The largest absolute Gasteiger partial charge is 0.397 e. The molecule has 0 fully saturated rings. The maximum atomic E-state index is 12.6. The highest BCUT2D eigenvalue weighted by atomic mass is 19.1. The van der Waals surface area contributed by atoms with Crippen molar-refractivity contribution in [3.63, 3.8) is 0 Å². The van der Waals surface area contributed by atoms with E-state index in [2.05, 4.69) is 15.3 Å². The number of nitrogens with two attached hydrogens (primary N) is 2. The van der Waals surface area contributed by atoms with E-state index in [0.717, 1.165) is 0 Å². The molecule has 5 N–H and O–H groups in total. The molecule has 1 aromatic heterocycles. The number of nitrogens with zero attached hydrogens (tertiary/aromatic N) is 2. The van der Waals surface area contributed by atoms with Gasteiger partial charge in [0, 0.05) is 18.9 Å². The van der Waals surface area contributed by atoms with Crippen molar-refractivity contribution in [1.82, 2.24) is 4.98 Å². The molecule has 1 heterocycles. The number of aliphatic imine (C=N–C) groups is 1. The number of halogens is 1. The van der Waals surface area contributed by atoms with E-state index in [-0.39, 0.29) is 5.82 Å². The first-order valence-corrected chi connectivity index (χ1v) is 6.39. The summed E-state index contributed by atoms with van der Waals surface area (Å²) < 4.78 is 12.6. The Hall–Kier alpha value is -2.96. The van der Waals surface area contributed by atoms with Crippen molar-refractivity contribution in [2.75, 3.05) is 18.1 Å². The lowest BCUT2D eigenvalue weighted by molar-refractivity contribution is -0.105. The second kappa shape index (κ2) is 8.35. The van der Waals surface area contributed by atoms with Crippen molar-refractivity contribution >= 4 is 23.6 Å². The van der Waals surface area contributed by atoms with Crippen molar-refractivity contribution in [2.24, 2.45) is 10.7 Å². The molecule has 0 aliphatic heterocycles. The van der Waals surface area contributed by atoms with Gasteiger partial charge in [-0.25, -0.2) is 4.39 Å². The van der Waals surface area contributed by atoms with Crippen molar-refractivity contribution in [2.45, 2.75) is 6.92 Å². The maximum Gasteiger partial charge on any atom is 0.211 e. The predicted octanol–water partition coefficient (Wildman–Crippen LogP) is 1.70. The molecule has 1 amide bonds. The molecule has 7 heteroatoms. The zero-order chi connectivity index (χ0) is 16.5. The first kappa shape index (κ1) is 17.1. The van der Waals surface area contributed by atoms with Gasteiger partial charge in [0.15, 0.2) is 0 Å². The van der Waals surface area contributed by atoms with Crippen molar-refractivity contribution in [1.29, 1.82) is 0 Å². The summed E-state index contributed by atoms with van der Waals surface area (Å²) in [5.41, 5.74) is 13.3. The third-order valence-corrected chi connectivity index (χ3v) is 2.71. The van der Waals surface area contributed by atoms with Crippen LogP contribution in [0.25, 0.3) is 0 Å². The molecule has 0 bridgehead atoms. The van der Waals surface area contributed by atoms with Crippen LogP contribution in [0.4, 0.5) is 15.8 Å². The quantitative estimate of drug-likeness (QED) is 0.456. The number of carbonyl (C=O) groups excluding carboxylic acids is 1. The number of benzene rings is 1. The van der Waals surface area contributed by atoms with Gasteiger partial charge in [0.2, 0.25) is 6.41 Å². The number of hydrogen-bond acceptors (Lipinski definition) is 4. The molecule has 0 unspecified atom stereocenters. The number of pyridine rings is 1. The number of rotatable bonds is 3. The first-order chi connectivity index (χ1) is 10.5. The SMILES string of the molecule is CN=C(N)c1ncccc1N.Cc1cc(NC=O)ccc1F. The monoisotopic (exact) mass is 303 g/mol. The number of amides is 1. The van der Waals surface area contributed by atoms with Gasteiger partial charge in [0.25, 0.3) is 0 Å². The third kappa shape index (κ3) is 4.86. The van der Waals surface area contributed by atoms with Gasteiger partial charge in [0.1, 0.15) is 17.3 Å². The number of carbonyl (C=O) groups is 1. The molecule has 0 spiro atoms. The number of anilines is 2. The average Bonchev–Trinajstić information content (AvgIpc) is 2.52. The Labute approximate surface area is 128 Å². The van der Waals surface area contributed by atoms with Crippen LogP contribution < -0.4 is 16.8 Å². The zero-order valence-corrected chi connectivity index (χ0v) is 12.4. The fourth-order valence-corrected chi connectivity index (χ4v) is 1.54. The highest BCUT2D eigenvalue weighted by Crippen LogP contribution is 2.12. The Morgan fingerprint density at radius 1 is 1.41 bits per heavy atom. The second-order valence-electron chi connectivity index (χ2n) is 4.28. The van der Waals surface area contributed by atoms with Crippen molar-refractivity contribution < 1.29 is 9.18 Å². The molecule has 0 radical (unpaired) electrons. The third-order valence-electron chi connectivity index (χ3n) is 2.71. The van der Waals surface area contributed by atoms with E-state index in [1.165, 1.54) is 12.1 Å². The van der Waals surface area contributed by atoms with Gasteiger partial charge in [-0.3, -0.25) is 14.8 Å². The van der Waals surface area contributed by atoms with Crippen LogP contribution >= 0.6 is 0 Å². The molecule has 0 aliphatic carbocycles. The highest BCUT2D eigenvalue weighted by Gasteiger charge is 2.01. The van der Waals surface area contributed by atoms with Crippen LogP contribution in [0.3, 0.4) is 0 Å². The summed E-state index contributed by atoms with van der Waals surface area (Å²) in [6.07, 6.45) is 2.19. The van der Waals surface area contributed by atoms with Crippen LogP contribution in [0, 0.1) is 12.7 Å². The maximum absolute atomic E-state index is 12.6. The minimum Gasteiger partial charge on any atom is -0.397 e. The number of nitrogen functional groups attached to an aromatic ring is 1. The van der Waals surface area contributed by atoms with Gasteiger partial charge in [0.05, 0.1) is 5.69 Å². The molecule has 0 aliphatic rings. The van der Waals surface area contributed by atoms with Gasteiger partial charge in [-0.15, -0.1) is 0 Å². The van der Waals surface area contributed by atoms with Crippen LogP contribution in [-0.4, -0.2) is 24.3 Å². The Kier molecular flexibility index (Phi) is 6.49. The highest BCUT2D eigenvalue weighted by molar-refractivity contribution is 5.99. The summed E-state index contributed by atoms with van der Waals surface area (Å²) in [4.78, 5) is 17.7. The zero-order valence-electron chi connectivity index (χ0n) is 12.4. The van der Waals surface area contributed by atoms with Crippen LogP contribution in [0.2, 0.25) is 0 Å². The second-order valence-corrected chi connectivity index (χ2v) is 4.28. The molecule has 2 rings (SSSR count).